The first-order chi connectivity index (χ1) is 6.63. The predicted molar refractivity (Wildman–Crippen MR) is 44.7 cm³/mol. The predicted octanol–water partition coefficient (Wildman–Crippen LogP) is 1.46. The van der Waals surface area contributed by atoms with Gasteiger partial charge >= 0.3 is 12.2 Å². The van der Waals surface area contributed by atoms with E-state index in [1.807, 2.05) is 0 Å². The van der Waals surface area contributed by atoms with E-state index in [4.69, 9.17) is 10.4 Å². The lowest BCUT2D eigenvalue weighted by molar-refractivity contribution is -0.433. The molecule has 6 heteroatoms. The molecule has 0 atom stereocenters. The quantitative estimate of drug-likeness (QED) is 0.251. The van der Waals surface area contributed by atoms with Crippen LogP contribution in [0, 0.1) is 16.7 Å². The third-order valence-corrected chi connectivity index (χ3v) is 1.41. The van der Waals surface area contributed by atoms with Crippen molar-refractivity contribution in [3.63, 3.8) is 0 Å². The zero-order chi connectivity index (χ0) is 10.6. The molecular formula is C8H5N3O3. The van der Waals surface area contributed by atoms with E-state index in [-0.39, 0.29) is 16.1 Å². The molecular weight excluding hydrogens is 186 g/mol. The van der Waals surface area contributed by atoms with Gasteiger partial charge in [-0.1, -0.05) is 9.97 Å². The third-order valence-electron chi connectivity index (χ3n) is 1.41. The Morgan fingerprint density at radius 2 is 2.07 bits per heavy atom. The summed E-state index contributed by atoms with van der Waals surface area (Å²) in [7, 11) is 0. The zero-order valence-corrected chi connectivity index (χ0v) is 6.91. The number of nitrogens with zero attached hydrogens (tertiary/aromatic N) is 3. The Morgan fingerprint density at radius 3 is 2.50 bits per heavy atom. The summed E-state index contributed by atoms with van der Waals surface area (Å²) >= 11 is 0. The van der Waals surface area contributed by atoms with Crippen molar-refractivity contribution in [2.24, 2.45) is 5.11 Å². The van der Waals surface area contributed by atoms with Gasteiger partial charge in [0.05, 0.1) is 5.56 Å². The first-order valence-corrected chi connectivity index (χ1v) is 3.55. The molecule has 0 saturated heterocycles. The molecule has 1 aromatic carbocycles. The van der Waals surface area contributed by atoms with Crippen LogP contribution in [0.25, 0.3) is 0 Å². The molecule has 0 radical (unpaired) electrons. The van der Waals surface area contributed by atoms with Crippen molar-refractivity contribution in [1.29, 1.82) is 5.26 Å². The minimum Gasteiger partial charge on any atom is -0.682 e. The lowest BCUT2D eigenvalue weighted by atomic mass is 10.2. The second-order valence-corrected chi connectivity index (χ2v) is 2.32. The number of rotatable bonds is 2. The van der Waals surface area contributed by atoms with Gasteiger partial charge in [-0.2, -0.15) is 0 Å². The van der Waals surface area contributed by atoms with Gasteiger partial charge in [-0.3, -0.25) is 0 Å². The third kappa shape index (κ3) is 2.28. The van der Waals surface area contributed by atoms with Gasteiger partial charge in [-0.25, -0.2) is 4.79 Å². The van der Waals surface area contributed by atoms with E-state index < -0.39 is 5.97 Å². The molecule has 0 fully saturated rings. The van der Waals surface area contributed by atoms with Gasteiger partial charge in [0.25, 0.3) is 0 Å². The van der Waals surface area contributed by atoms with E-state index in [1.165, 1.54) is 30.5 Å². The Hall–Kier alpha value is -2.42. The van der Waals surface area contributed by atoms with Gasteiger partial charge in [0.2, 0.25) is 0 Å². The van der Waals surface area contributed by atoms with Crippen molar-refractivity contribution in [3.8, 4) is 6.19 Å². The molecule has 1 N–H and O–H groups in total. The van der Waals surface area contributed by atoms with Gasteiger partial charge in [-0.15, -0.1) is 0 Å². The number of carbonyl (C=O) groups is 1. The highest BCUT2D eigenvalue weighted by Gasteiger charge is 2.01. The van der Waals surface area contributed by atoms with Gasteiger partial charge in [0, 0.05) is 0 Å². The van der Waals surface area contributed by atoms with Crippen molar-refractivity contribution < 1.29 is 14.8 Å². The van der Waals surface area contributed by atoms with E-state index in [2.05, 4.69) is 5.11 Å². The first kappa shape index (κ1) is 9.67. The van der Waals surface area contributed by atoms with Crippen molar-refractivity contribution in [3.05, 3.63) is 35.0 Å². The second kappa shape index (κ2) is 4.00. The molecule has 1 rings (SSSR count). The Labute approximate surface area is 78.9 Å². The lowest BCUT2D eigenvalue weighted by Crippen LogP contribution is -1.94. The van der Waals surface area contributed by atoms with Gasteiger partial charge in [-0.05, 0) is 24.3 Å². The van der Waals surface area contributed by atoms with Crippen LogP contribution >= 0.6 is 0 Å². The molecule has 0 bridgehead atoms. The van der Waals surface area contributed by atoms with Crippen molar-refractivity contribution in [2.45, 2.75) is 0 Å². The Kier molecular flexibility index (Phi) is 2.76. The number of carboxylic acids is 1. The highest BCUT2D eigenvalue weighted by atomic mass is 16.5. The highest BCUT2D eigenvalue weighted by molar-refractivity contribution is 5.87. The largest absolute Gasteiger partial charge is 0.682 e. The number of hydroxylamine groups is 1. The molecule has 0 aliphatic heterocycles. The number of nitriles is 1. The standard InChI is InChI=1S/C8H5N3O3/c9-5-11(14)10-7-3-1-6(2-4-7)8(12)13/h1-4H,(H,12,13)/b11-10-. The fourth-order valence-electron chi connectivity index (χ4n) is 0.798. The fourth-order valence-corrected chi connectivity index (χ4v) is 0.798. The average Bonchev–Trinajstić information content (AvgIpc) is 2.18. The van der Waals surface area contributed by atoms with Crippen LogP contribution in [0.4, 0.5) is 5.69 Å². The van der Waals surface area contributed by atoms with E-state index in [0.29, 0.717) is 0 Å². The van der Waals surface area contributed by atoms with Crippen LogP contribution in [-0.2, 0) is 0 Å². The maximum absolute atomic E-state index is 10.5. The minimum absolute atomic E-state index is 0.0957. The topological polar surface area (TPSA) is 99.5 Å². The summed E-state index contributed by atoms with van der Waals surface area (Å²) in [5.41, 5.74) is 0.324. The molecule has 0 saturated carbocycles. The normalized spacial score (nSPS) is 10.6. The Morgan fingerprint density at radius 1 is 1.50 bits per heavy atom. The number of benzene rings is 1. The van der Waals surface area contributed by atoms with Crippen molar-refractivity contribution in [2.75, 3.05) is 0 Å². The summed E-state index contributed by atoms with van der Waals surface area (Å²) in [4.78, 5) is 10.3. The molecule has 6 nitrogen and oxygen atoms in total. The van der Waals surface area contributed by atoms with Crippen LogP contribution in [0.5, 0.6) is 0 Å². The summed E-state index contributed by atoms with van der Waals surface area (Å²) < 4.78 is 0. The summed E-state index contributed by atoms with van der Waals surface area (Å²) in [5, 5.41) is 30.4. The van der Waals surface area contributed by atoms with Gasteiger partial charge in [0.1, 0.15) is 5.69 Å². The maximum Gasteiger partial charge on any atom is 0.485 e. The lowest BCUT2D eigenvalue weighted by Gasteiger charge is -1.95. The van der Waals surface area contributed by atoms with Gasteiger partial charge < -0.3 is 10.3 Å². The molecule has 0 aliphatic rings. The molecule has 0 amide bonds. The molecule has 0 spiro atoms. The summed E-state index contributed by atoms with van der Waals surface area (Å²) in [6.45, 7) is 0. The summed E-state index contributed by atoms with van der Waals surface area (Å²) in [6, 6.07) is 5.27. The van der Waals surface area contributed by atoms with Crippen LogP contribution in [0.3, 0.4) is 0 Å². The number of carboxylic acid groups (broad SMARTS) is 1. The minimum atomic E-state index is -1.06. The first-order valence-electron chi connectivity index (χ1n) is 3.55. The number of azo groups is 1. The number of aromatic carboxylic acids is 1. The molecule has 0 heterocycles. The fraction of sp³-hybridized carbons (Fsp3) is 0. The maximum atomic E-state index is 10.5. The molecule has 0 aliphatic carbocycles. The van der Waals surface area contributed by atoms with E-state index in [9.17, 15) is 10.0 Å². The van der Waals surface area contributed by atoms with Crippen LogP contribution in [-0.4, -0.2) is 15.9 Å². The van der Waals surface area contributed by atoms with E-state index in [1.54, 1.807) is 0 Å². The smallest absolute Gasteiger partial charge is 0.485 e. The van der Waals surface area contributed by atoms with E-state index >= 15 is 0 Å². The van der Waals surface area contributed by atoms with Crippen LogP contribution in [0.2, 0.25) is 0 Å². The molecule has 14 heavy (non-hydrogen) atoms. The van der Waals surface area contributed by atoms with Crippen molar-refractivity contribution >= 4 is 11.7 Å². The summed E-state index contributed by atoms with van der Waals surface area (Å²) in [5.74, 6) is -1.06. The molecule has 0 unspecified atom stereocenters. The van der Waals surface area contributed by atoms with Crippen LogP contribution in [0.1, 0.15) is 10.4 Å². The zero-order valence-electron chi connectivity index (χ0n) is 6.91. The second-order valence-electron chi connectivity index (χ2n) is 2.32. The SMILES string of the molecule is N#C/[N+]([O-])=N/c1ccc(C(=O)O)cc1. The summed E-state index contributed by atoms with van der Waals surface area (Å²) in [6.07, 6.45) is 1.25. The number of hydrogen-bond donors (Lipinski definition) is 1. The number of hydrogen-bond acceptors (Lipinski definition) is 4. The molecule has 0 aromatic heterocycles. The molecule has 70 valence electrons. The monoisotopic (exact) mass is 191 g/mol. The Bertz CT molecular complexity index is 416. The van der Waals surface area contributed by atoms with Crippen LogP contribution < -0.4 is 0 Å². The van der Waals surface area contributed by atoms with Gasteiger partial charge in [0.15, 0.2) is 5.26 Å². The van der Waals surface area contributed by atoms with Crippen LogP contribution in [0.15, 0.2) is 29.4 Å². The Balaban J connectivity index is 2.96. The average molecular weight is 191 g/mol. The molecule has 1 aromatic rings. The highest BCUT2D eigenvalue weighted by Crippen LogP contribution is 2.12. The van der Waals surface area contributed by atoms with E-state index in [0.717, 1.165) is 0 Å². The van der Waals surface area contributed by atoms with Crippen molar-refractivity contribution in [1.82, 2.24) is 0 Å².